The molecule has 0 saturated heterocycles. The summed E-state index contributed by atoms with van der Waals surface area (Å²) >= 11 is 0. The number of carbonyl (C=O) groups excluding carboxylic acids is 1. The maximum absolute atomic E-state index is 13.2. The largest absolute Gasteiger partial charge is 0.496 e. The van der Waals surface area contributed by atoms with Gasteiger partial charge in [-0.3, -0.25) is 10.1 Å². The van der Waals surface area contributed by atoms with Crippen LogP contribution in [0.4, 0.5) is 5.69 Å². The molecular formula is C25H21NO7. The monoisotopic (exact) mass is 447 g/mol. The lowest BCUT2D eigenvalue weighted by atomic mass is 10.0. The number of ether oxygens (including phenoxy) is 4. The Hall–Kier alpha value is -4.17. The Morgan fingerprint density at radius 3 is 2.64 bits per heavy atom. The van der Waals surface area contributed by atoms with Crippen molar-refractivity contribution in [1.82, 2.24) is 0 Å². The topological polar surface area (TPSA) is 97.1 Å². The van der Waals surface area contributed by atoms with Gasteiger partial charge in [0.25, 0.3) is 5.69 Å². The van der Waals surface area contributed by atoms with E-state index in [4.69, 9.17) is 18.9 Å². The zero-order valence-electron chi connectivity index (χ0n) is 17.9. The van der Waals surface area contributed by atoms with Crippen molar-refractivity contribution in [1.29, 1.82) is 0 Å². The Balaban J connectivity index is 1.66. The van der Waals surface area contributed by atoms with E-state index in [2.05, 4.69) is 0 Å². The molecule has 0 atom stereocenters. The van der Waals surface area contributed by atoms with E-state index < -0.39 is 10.9 Å². The number of nitro groups is 1. The molecule has 168 valence electrons. The molecule has 8 nitrogen and oxygen atoms in total. The van der Waals surface area contributed by atoms with Crippen molar-refractivity contribution in [2.75, 3.05) is 13.9 Å². The van der Waals surface area contributed by atoms with Crippen LogP contribution in [0.2, 0.25) is 0 Å². The first kappa shape index (κ1) is 22.0. The SMILES string of the molecule is COc1ccccc1/C=C(/C(=O)OCc1cc([N+](=O)[O-])cc2c1OCOC2)c1ccccc1. The zero-order valence-corrected chi connectivity index (χ0v) is 17.9. The maximum Gasteiger partial charge on any atom is 0.339 e. The molecule has 0 spiro atoms. The standard InChI is InChI=1S/C25H21NO7/c1-30-23-10-6-5-9-18(23)13-22(17-7-3-2-4-8-17)25(27)32-15-20-12-21(26(28)29)11-19-14-31-16-33-24(19)20/h2-13H,14-16H2,1H3/b22-13+. The smallest absolute Gasteiger partial charge is 0.339 e. The van der Waals surface area contributed by atoms with Gasteiger partial charge in [-0.25, -0.2) is 4.79 Å². The van der Waals surface area contributed by atoms with Gasteiger partial charge < -0.3 is 18.9 Å². The van der Waals surface area contributed by atoms with E-state index >= 15 is 0 Å². The third kappa shape index (κ3) is 5.02. The number of fused-ring (bicyclic) bond motifs is 1. The van der Waals surface area contributed by atoms with Crippen LogP contribution in [0, 0.1) is 10.1 Å². The first-order valence-corrected chi connectivity index (χ1v) is 10.1. The number of methoxy groups -OCH3 is 1. The lowest BCUT2D eigenvalue weighted by molar-refractivity contribution is -0.385. The van der Waals surface area contributed by atoms with Crippen LogP contribution in [0.1, 0.15) is 22.3 Å². The van der Waals surface area contributed by atoms with Crippen molar-refractivity contribution in [2.45, 2.75) is 13.2 Å². The van der Waals surface area contributed by atoms with Gasteiger partial charge in [-0.1, -0.05) is 48.5 Å². The van der Waals surface area contributed by atoms with E-state index in [1.54, 1.807) is 31.4 Å². The van der Waals surface area contributed by atoms with Crippen molar-refractivity contribution in [3.05, 3.63) is 99.1 Å². The zero-order chi connectivity index (χ0) is 23.2. The number of non-ortho nitro benzene ring substituents is 1. The predicted octanol–water partition coefficient (Wildman–Crippen LogP) is 4.75. The number of para-hydroxylation sites is 1. The third-order valence-electron chi connectivity index (χ3n) is 5.08. The molecule has 3 aromatic carbocycles. The summed E-state index contributed by atoms with van der Waals surface area (Å²) in [6.07, 6.45) is 1.70. The second-order valence-electron chi connectivity index (χ2n) is 7.20. The molecule has 0 N–H and O–H groups in total. The molecule has 0 aromatic heterocycles. The summed E-state index contributed by atoms with van der Waals surface area (Å²) in [5.41, 5.74) is 2.52. The normalized spacial score (nSPS) is 12.9. The average Bonchev–Trinajstić information content (AvgIpc) is 2.86. The minimum atomic E-state index is -0.584. The predicted molar refractivity (Wildman–Crippen MR) is 120 cm³/mol. The van der Waals surface area contributed by atoms with Crippen LogP contribution in [0.3, 0.4) is 0 Å². The molecule has 0 aliphatic carbocycles. The second-order valence-corrected chi connectivity index (χ2v) is 7.20. The van der Waals surface area contributed by atoms with Gasteiger partial charge in [0.1, 0.15) is 18.1 Å². The minimum absolute atomic E-state index is 0.0225. The maximum atomic E-state index is 13.2. The quantitative estimate of drug-likeness (QED) is 0.169. The molecule has 1 aliphatic rings. The number of nitro benzene ring substituents is 1. The van der Waals surface area contributed by atoms with Gasteiger partial charge in [0.15, 0.2) is 6.79 Å². The van der Waals surface area contributed by atoms with Gasteiger partial charge in [-0.05, 0) is 17.7 Å². The molecule has 0 radical (unpaired) electrons. The summed E-state index contributed by atoms with van der Waals surface area (Å²) in [4.78, 5) is 24.0. The summed E-state index contributed by atoms with van der Waals surface area (Å²) in [6.45, 7) is 0.00853. The number of hydrogen-bond acceptors (Lipinski definition) is 7. The molecule has 0 amide bonds. The Morgan fingerprint density at radius 1 is 1.12 bits per heavy atom. The minimum Gasteiger partial charge on any atom is -0.496 e. The van der Waals surface area contributed by atoms with Gasteiger partial charge in [0.2, 0.25) is 0 Å². The van der Waals surface area contributed by atoms with Gasteiger partial charge in [0, 0.05) is 28.8 Å². The highest BCUT2D eigenvalue weighted by molar-refractivity contribution is 6.21. The Labute approximate surface area is 190 Å². The first-order valence-electron chi connectivity index (χ1n) is 10.1. The van der Waals surface area contributed by atoms with E-state index in [0.29, 0.717) is 39.3 Å². The molecular weight excluding hydrogens is 426 g/mol. The fraction of sp³-hybridized carbons (Fsp3) is 0.160. The highest BCUT2D eigenvalue weighted by Gasteiger charge is 2.23. The second kappa shape index (κ2) is 9.97. The molecule has 0 fully saturated rings. The van der Waals surface area contributed by atoms with E-state index in [-0.39, 0.29) is 25.7 Å². The molecule has 0 unspecified atom stereocenters. The van der Waals surface area contributed by atoms with Crippen molar-refractivity contribution in [3.63, 3.8) is 0 Å². The molecule has 4 rings (SSSR count). The van der Waals surface area contributed by atoms with E-state index in [9.17, 15) is 14.9 Å². The van der Waals surface area contributed by atoms with Crippen LogP contribution < -0.4 is 9.47 Å². The van der Waals surface area contributed by atoms with Gasteiger partial charge in [0.05, 0.1) is 24.2 Å². The Kier molecular flexibility index (Phi) is 6.66. The van der Waals surface area contributed by atoms with Gasteiger partial charge in [-0.15, -0.1) is 0 Å². The average molecular weight is 447 g/mol. The van der Waals surface area contributed by atoms with E-state index in [1.165, 1.54) is 12.1 Å². The van der Waals surface area contributed by atoms with E-state index in [0.717, 1.165) is 0 Å². The van der Waals surface area contributed by atoms with Crippen molar-refractivity contribution in [2.24, 2.45) is 0 Å². The highest BCUT2D eigenvalue weighted by Crippen LogP contribution is 2.33. The lowest BCUT2D eigenvalue weighted by Gasteiger charge is -2.20. The molecule has 0 saturated carbocycles. The van der Waals surface area contributed by atoms with Crippen LogP contribution >= 0.6 is 0 Å². The van der Waals surface area contributed by atoms with E-state index in [1.807, 2.05) is 36.4 Å². The van der Waals surface area contributed by atoms with Crippen molar-refractivity contribution in [3.8, 4) is 11.5 Å². The number of rotatable bonds is 7. The fourth-order valence-corrected chi connectivity index (χ4v) is 3.53. The van der Waals surface area contributed by atoms with Gasteiger partial charge >= 0.3 is 5.97 Å². The summed E-state index contributed by atoms with van der Waals surface area (Å²) in [5.74, 6) is 0.467. The van der Waals surface area contributed by atoms with Crippen LogP contribution in [-0.2, 0) is 27.5 Å². The number of benzene rings is 3. The summed E-state index contributed by atoms with van der Waals surface area (Å²) in [6, 6.07) is 19.2. The number of nitrogens with zero attached hydrogens (tertiary/aromatic N) is 1. The molecule has 1 heterocycles. The lowest BCUT2D eigenvalue weighted by Crippen LogP contribution is -2.15. The third-order valence-corrected chi connectivity index (χ3v) is 5.08. The van der Waals surface area contributed by atoms with Crippen LogP contribution in [0.25, 0.3) is 11.6 Å². The van der Waals surface area contributed by atoms with Crippen LogP contribution in [-0.4, -0.2) is 24.8 Å². The molecule has 0 bridgehead atoms. The molecule has 8 heteroatoms. The number of carbonyl (C=O) groups is 1. The highest BCUT2D eigenvalue weighted by atomic mass is 16.7. The Bertz CT molecular complexity index is 1200. The number of esters is 1. The Morgan fingerprint density at radius 2 is 1.88 bits per heavy atom. The van der Waals surface area contributed by atoms with Crippen LogP contribution in [0.15, 0.2) is 66.7 Å². The molecule has 1 aliphatic heterocycles. The van der Waals surface area contributed by atoms with Gasteiger partial charge in [-0.2, -0.15) is 0 Å². The fourth-order valence-electron chi connectivity index (χ4n) is 3.53. The summed E-state index contributed by atoms with van der Waals surface area (Å²) in [5, 5.41) is 11.3. The summed E-state index contributed by atoms with van der Waals surface area (Å²) < 4.78 is 21.7. The summed E-state index contributed by atoms with van der Waals surface area (Å²) in [7, 11) is 1.56. The van der Waals surface area contributed by atoms with Crippen molar-refractivity contribution >= 4 is 23.3 Å². The van der Waals surface area contributed by atoms with Crippen molar-refractivity contribution < 1.29 is 28.7 Å². The molecule has 3 aromatic rings. The first-order chi connectivity index (χ1) is 16.1. The number of hydrogen-bond donors (Lipinski definition) is 0. The van der Waals surface area contributed by atoms with Crippen LogP contribution in [0.5, 0.6) is 11.5 Å². The molecule has 33 heavy (non-hydrogen) atoms.